The van der Waals surface area contributed by atoms with E-state index >= 15 is 0 Å². The number of nitrogens with one attached hydrogen (secondary N) is 1. The Morgan fingerprint density at radius 2 is 2.20 bits per heavy atom. The molecule has 0 bridgehead atoms. The van der Waals surface area contributed by atoms with Crippen LogP contribution >= 0.6 is 0 Å². The molecule has 2 rings (SSSR count). The quantitative estimate of drug-likeness (QED) is 0.658. The first-order valence-corrected chi connectivity index (χ1v) is 4.27. The van der Waals surface area contributed by atoms with Crippen LogP contribution in [0.25, 0.3) is 0 Å². The van der Waals surface area contributed by atoms with Crippen LogP contribution < -0.4 is 16.8 Å². The van der Waals surface area contributed by atoms with Gasteiger partial charge >= 0.3 is 0 Å². The van der Waals surface area contributed by atoms with Crippen molar-refractivity contribution in [3.63, 3.8) is 0 Å². The van der Waals surface area contributed by atoms with E-state index in [1.165, 1.54) is 0 Å². The number of nitrogens with zero attached hydrogens (tertiary/aromatic N) is 3. The highest BCUT2D eigenvalue weighted by Gasteiger charge is 2.01. The van der Waals surface area contributed by atoms with Gasteiger partial charge in [0.2, 0.25) is 5.95 Å². The summed E-state index contributed by atoms with van der Waals surface area (Å²) in [6.45, 7) is 0.468. The third-order valence-corrected chi connectivity index (χ3v) is 1.70. The summed E-state index contributed by atoms with van der Waals surface area (Å²) in [6.07, 6.45) is 1.57. The molecule has 0 aliphatic carbocycles. The van der Waals surface area contributed by atoms with Gasteiger partial charge in [-0.25, -0.2) is 0 Å². The average molecular weight is 206 g/mol. The fourth-order valence-electron chi connectivity index (χ4n) is 1.09. The zero-order valence-corrected chi connectivity index (χ0v) is 7.84. The van der Waals surface area contributed by atoms with E-state index in [1.54, 1.807) is 18.3 Å². The van der Waals surface area contributed by atoms with Gasteiger partial charge in [0.1, 0.15) is 11.6 Å². The molecule has 2 heterocycles. The minimum atomic E-state index is 0.134. The Balaban J connectivity index is 2.05. The van der Waals surface area contributed by atoms with Gasteiger partial charge in [-0.3, -0.25) is 0 Å². The Morgan fingerprint density at radius 3 is 2.87 bits per heavy atom. The number of nitrogen functional groups attached to an aromatic ring is 2. The molecule has 0 fully saturated rings. The lowest BCUT2D eigenvalue weighted by atomic mass is 10.4. The van der Waals surface area contributed by atoms with Crippen LogP contribution in [0.15, 0.2) is 22.9 Å². The lowest BCUT2D eigenvalue weighted by Crippen LogP contribution is -2.05. The van der Waals surface area contributed by atoms with Gasteiger partial charge in [-0.05, 0) is 0 Å². The van der Waals surface area contributed by atoms with Crippen molar-refractivity contribution in [3.05, 3.63) is 24.1 Å². The normalized spacial score (nSPS) is 10.1. The summed E-state index contributed by atoms with van der Waals surface area (Å²) in [7, 11) is 0. The van der Waals surface area contributed by atoms with Crippen molar-refractivity contribution < 1.29 is 4.52 Å². The molecule has 0 radical (unpaired) electrons. The summed E-state index contributed by atoms with van der Waals surface area (Å²) in [5, 5.41) is 6.56. The Morgan fingerprint density at radius 1 is 1.33 bits per heavy atom. The molecule has 0 atom stereocenters. The summed E-state index contributed by atoms with van der Waals surface area (Å²) in [6, 6.07) is 3.34. The molecule has 2 aromatic rings. The number of nitrogens with two attached hydrogens (primary N) is 2. The van der Waals surface area contributed by atoms with Gasteiger partial charge < -0.3 is 21.3 Å². The minimum Gasteiger partial charge on any atom is -0.383 e. The first kappa shape index (κ1) is 9.25. The number of aromatic nitrogens is 3. The van der Waals surface area contributed by atoms with Crippen molar-refractivity contribution in [2.24, 2.45) is 0 Å². The van der Waals surface area contributed by atoms with Gasteiger partial charge in [0, 0.05) is 12.1 Å². The molecule has 5 N–H and O–H groups in total. The van der Waals surface area contributed by atoms with Crippen LogP contribution in [0, 0.1) is 0 Å². The van der Waals surface area contributed by atoms with Crippen LogP contribution in [0.3, 0.4) is 0 Å². The fraction of sp³-hybridized carbons (Fsp3) is 0.125. The maximum atomic E-state index is 5.50. The van der Waals surface area contributed by atoms with E-state index < -0.39 is 0 Å². The fourth-order valence-corrected chi connectivity index (χ4v) is 1.09. The molecule has 0 saturated carbocycles. The zero-order valence-electron chi connectivity index (χ0n) is 7.84. The maximum Gasteiger partial charge on any atom is 0.223 e. The predicted molar refractivity (Wildman–Crippen MR) is 54.7 cm³/mol. The highest BCUT2D eigenvalue weighted by molar-refractivity contribution is 5.48. The van der Waals surface area contributed by atoms with Crippen LogP contribution in [-0.4, -0.2) is 15.1 Å². The van der Waals surface area contributed by atoms with Crippen molar-refractivity contribution in [1.82, 2.24) is 15.1 Å². The van der Waals surface area contributed by atoms with E-state index in [1.807, 2.05) is 0 Å². The Kier molecular flexibility index (Phi) is 2.36. The molecule has 0 aliphatic heterocycles. The molecule has 7 heteroatoms. The molecular formula is C8H10N6O. The Labute approximate surface area is 85.5 Å². The lowest BCUT2D eigenvalue weighted by Gasteiger charge is -2.04. The van der Waals surface area contributed by atoms with Crippen molar-refractivity contribution >= 4 is 17.6 Å². The molecule has 0 aliphatic rings. The topological polar surface area (TPSA) is 116 Å². The van der Waals surface area contributed by atoms with Crippen molar-refractivity contribution in [2.75, 3.05) is 16.8 Å². The third-order valence-electron chi connectivity index (χ3n) is 1.70. The van der Waals surface area contributed by atoms with Crippen molar-refractivity contribution in [3.8, 4) is 0 Å². The van der Waals surface area contributed by atoms with Gasteiger partial charge in [-0.1, -0.05) is 5.16 Å². The van der Waals surface area contributed by atoms with E-state index in [9.17, 15) is 0 Å². The van der Waals surface area contributed by atoms with Gasteiger partial charge in [0.05, 0.1) is 12.7 Å². The molecule has 15 heavy (non-hydrogen) atoms. The molecule has 0 saturated heterocycles. The van der Waals surface area contributed by atoms with E-state index in [-0.39, 0.29) is 5.95 Å². The molecule has 0 amide bonds. The third kappa shape index (κ3) is 2.33. The lowest BCUT2D eigenvalue weighted by molar-refractivity contribution is 0.388. The predicted octanol–water partition coefficient (Wildman–Crippen LogP) is 0.241. The summed E-state index contributed by atoms with van der Waals surface area (Å²) < 4.78 is 4.90. The molecule has 0 spiro atoms. The second-order valence-corrected chi connectivity index (χ2v) is 2.87. The average Bonchev–Trinajstić information content (AvgIpc) is 2.65. The first-order chi connectivity index (χ1) is 7.24. The van der Waals surface area contributed by atoms with Crippen LogP contribution in [-0.2, 0) is 6.54 Å². The van der Waals surface area contributed by atoms with Crippen LogP contribution in [0.1, 0.15) is 5.76 Å². The van der Waals surface area contributed by atoms with Crippen molar-refractivity contribution in [1.29, 1.82) is 0 Å². The second-order valence-electron chi connectivity index (χ2n) is 2.87. The Hall–Kier alpha value is -2.31. The number of hydrogen-bond donors (Lipinski definition) is 3. The molecular weight excluding hydrogens is 196 g/mol. The molecule has 78 valence electrons. The number of anilines is 3. The van der Waals surface area contributed by atoms with E-state index in [2.05, 4.69) is 20.4 Å². The summed E-state index contributed by atoms with van der Waals surface area (Å²) in [4.78, 5) is 7.69. The molecule has 2 aromatic heterocycles. The first-order valence-electron chi connectivity index (χ1n) is 4.27. The van der Waals surface area contributed by atoms with Gasteiger partial charge in [-0.2, -0.15) is 9.97 Å². The van der Waals surface area contributed by atoms with Crippen LogP contribution in [0.2, 0.25) is 0 Å². The SMILES string of the molecule is Nc1cc(NCc2ccno2)nc(N)n1. The van der Waals surface area contributed by atoms with E-state index in [0.717, 1.165) is 0 Å². The molecule has 0 aromatic carbocycles. The van der Waals surface area contributed by atoms with E-state index in [4.69, 9.17) is 16.0 Å². The van der Waals surface area contributed by atoms with Gasteiger partial charge in [0.25, 0.3) is 0 Å². The van der Waals surface area contributed by atoms with E-state index in [0.29, 0.717) is 23.9 Å². The molecule has 7 nitrogen and oxygen atoms in total. The summed E-state index contributed by atoms with van der Waals surface area (Å²) >= 11 is 0. The maximum absolute atomic E-state index is 5.50. The van der Waals surface area contributed by atoms with Gasteiger partial charge in [-0.15, -0.1) is 0 Å². The molecule has 0 unspecified atom stereocenters. The minimum absolute atomic E-state index is 0.134. The van der Waals surface area contributed by atoms with Gasteiger partial charge in [0.15, 0.2) is 5.76 Å². The van der Waals surface area contributed by atoms with Crippen LogP contribution in [0.5, 0.6) is 0 Å². The summed E-state index contributed by atoms with van der Waals surface area (Å²) in [5.41, 5.74) is 10.9. The highest BCUT2D eigenvalue weighted by atomic mass is 16.5. The zero-order chi connectivity index (χ0) is 10.7. The Bertz CT molecular complexity index is 420. The van der Waals surface area contributed by atoms with Crippen molar-refractivity contribution in [2.45, 2.75) is 6.54 Å². The number of hydrogen-bond acceptors (Lipinski definition) is 7. The summed E-state index contributed by atoms with van der Waals surface area (Å²) in [5.74, 6) is 1.71. The monoisotopic (exact) mass is 206 g/mol. The highest BCUT2D eigenvalue weighted by Crippen LogP contribution is 2.10. The largest absolute Gasteiger partial charge is 0.383 e. The second kappa shape index (κ2) is 3.82. The standard InChI is InChI=1S/C8H10N6O/c9-6-3-7(14-8(10)13-6)11-4-5-1-2-12-15-5/h1-3H,4H2,(H5,9,10,11,13,14). The number of rotatable bonds is 3. The van der Waals surface area contributed by atoms with Crippen LogP contribution in [0.4, 0.5) is 17.6 Å². The smallest absolute Gasteiger partial charge is 0.223 e.